The first-order valence-corrected chi connectivity index (χ1v) is 9.28. The third kappa shape index (κ3) is 4.38. The molecule has 2 aromatic carbocycles. The van der Waals surface area contributed by atoms with Gasteiger partial charge in [-0.15, -0.1) is 11.8 Å². The van der Waals surface area contributed by atoms with Crippen molar-refractivity contribution in [2.75, 3.05) is 13.1 Å². The highest BCUT2D eigenvalue weighted by Gasteiger charge is 2.27. The van der Waals surface area contributed by atoms with Crippen molar-refractivity contribution in [2.24, 2.45) is 0 Å². The first-order chi connectivity index (χ1) is 11.3. The average Bonchev–Trinajstić information content (AvgIpc) is 2.90. The van der Waals surface area contributed by atoms with E-state index in [0.29, 0.717) is 0 Å². The zero-order valence-electron chi connectivity index (χ0n) is 13.4. The van der Waals surface area contributed by atoms with E-state index in [1.807, 2.05) is 36.4 Å². The van der Waals surface area contributed by atoms with Gasteiger partial charge < -0.3 is 4.90 Å². The van der Waals surface area contributed by atoms with E-state index in [1.165, 1.54) is 12.8 Å². The fourth-order valence-corrected chi connectivity index (χ4v) is 4.11. The molecule has 0 spiro atoms. The van der Waals surface area contributed by atoms with Crippen LogP contribution in [0, 0.1) is 0 Å². The number of nitrogens with zero attached hydrogens (tertiary/aromatic N) is 1. The molecule has 0 unspecified atom stereocenters. The standard InChI is InChI=1S/C20H23NOS/c22-20(21-15-9-1-2-10-16-21)19(17-11-5-3-6-12-17)23-18-13-7-4-8-14-18/h3-8,11-14,19H,1-2,9-10,15-16H2/t19-/m0/s1. The van der Waals surface area contributed by atoms with E-state index in [2.05, 4.69) is 29.2 Å². The molecule has 2 nitrogen and oxygen atoms in total. The van der Waals surface area contributed by atoms with Crippen LogP contribution >= 0.6 is 11.8 Å². The van der Waals surface area contributed by atoms with Gasteiger partial charge in [0.15, 0.2) is 0 Å². The van der Waals surface area contributed by atoms with Crippen LogP contribution in [0.2, 0.25) is 0 Å². The molecule has 0 bridgehead atoms. The van der Waals surface area contributed by atoms with Crippen molar-refractivity contribution in [3.63, 3.8) is 0 Å². The van der Waals surface area contributed by atoms with Crippen LogP contribution in [-0.4, -0.2) is 23.9 Å². The van der Waals surface area contributed by atoms with Crippen LogP contribution in [0.3, 0.4) is 0 Å². The number of thioether (sulfide) groups is 1. The molecule has 1 saturated heterocycles. The van der Waals surface area contributed by atoms with Gasteiger partial charge in [0.05, 0.1) is 0 Å². The van der Waals surface area contributed by atoms with Crippen molar-refractivity contribution < 1.29 is 4.79 Å². The van der Waals surface area contributed by atoms with Gasteiger partial charge in [-0.2, -0.15) is 0 Å². The molecule has 0 N–H and O–H groups in total. The van der Waals surface area contributed by atoms with E-state index in [-0.39, 0.29) is 11.2 Å². The predicted molar refractivity (Wildman–Crippen MR) is 96.5 cm³/mol. The molecular weight excluding hydrogens is 302 g/mol. The van der Waals surface area contributed by atoms with Gasteiger partial charge in [0.2, 0.25) is 5.91 Å². The molecule has 1 atom stereocenters. The molecule has 3 rings (SSSR count). The monoisotopic (exact) mass is 325 g/mol. The number of benzene rings is 2. The minimum atomic E-state index is -0.156. The molecule has 0 aromatic heterocycles. The maximum absolute atomic E-state index is 13.2. The first kappa shape index (κ1) is 16.1. The van der Waals surface area contributed by atoms with Gasteiger partial charge in [0.1, 0.15) is 5.25 Å². The molecule has 1 aliphatic heterocycles. The second-order valence-electron chi connectivity index (χ2n) is 5.96. The summed E-state index contributed by atoms with van der Waals surface area (Å²) in [5.74, 6) is 0.256. The van der Waals surface area contributed by atoms with Gasteiger partial charge in [-0.05, 0) is 30.5 Å². The molecule has 2 aromatic rings. The van der Waals surface area contributed by atoms with Gasteiger partial charge in [0.25, 0.3) is 0 Å². The highest BCUT2D eigenvalue weighted by atomic mass is 32.2. The smallest absolute Gasteiger partial charge is 0.240 e. The molecule has 23 heavy (non-hydrogen) atoms. The molecule has 0 saturated carbocycles. The minimum absolute atomic E-state index is 0.156. The normalized spacial score (nSPS) is 16.6. The van der Waals surface area contributed by atoms with Crippen molar-refractivity contribution in [1.29, 1.82) is 0 Å². The highest BCUT2D eigenvalue weighted by molar-refractivity contribution is 8.00. The van der Waals surface area contributed by atoms with Gasteiger partial charge in [-0.3, -0.25) is 4.79 Å². The van der Waals surface area contributed by atoms with E-state index < -0.39 is 0 Å². The number of carbonyl (C=O) groups is 1. The Bertz CT molecular complexity index is 606. The summed E-state index contributed by atoms with van der Waals surface area (Å²) >= 11 is 1.66. The Morgan fingerprint density at radius 1 is 0.826 bits per heavy atom. The minimum Gasteiger partial charge on any atom is -0.341 e. The summed E-state index contributed by atoms with van der Waals surface area (Å²) in [6.07, 6.45) is 4.74. The Labute approximate surface area is 142 Å². The second kappa shape index (κ2) is 8.21. The Morgan fingerprint density at radius 3 is 2.00 bits per heavy atom. The largest absolute Gasteiger partial charge is 0.341 e. The van der Waals surface area contributed by atoms with E-state index in [0.717, 1.165) is 36.4 Å². The van der Waals surface area contributed by atoms with Crippen molar-refractivity contribution in [3.8, 4) is 0 Å². The number of hydrogen-bond acceptors (Lipinski definition) is 2. The topological polar surface area (TPSA) is 20.3 Å². The summed E-state index contributed by atoms with van der Waals surface area (Å²) in [5, 5.41) is -0.156. The number of carbonyl (C=O) groups excluding carboxylic acids is 1. The highest BCUT2D eigenvalue weighted by Crippen LogP contribution is 2.37. The number of likely N-dealkylation sites (tertiary alicyclic amines) is 1. The third-order valence-electron chi connectivity index (χ3n) is 4.24. The van der Waals surface area contributed by atoms with Crippen LogP contribution in [-0.2, 0) is 4.79 Å². The van der Waals surface area contributed by atoms with Gasteiger partial charge in [-0.1, -0.05) is 61.4 Å². The Morgan fingerprint density at radius 2 is 1.39 bits per heavy atom. The van der Waals surface area contributed by atoms with Crippen LogP contribution in [0.15, 0.2) is 65.6 Å². The van der Waals surface area contributed by atoms with Crippen molar-refractivity contribution in [1.82, 2.24) is 4.90 Å². The van der Waals surface area contributed by atoms with Crippen LogP contribution in [0.25, 0.3) is 0 Å². The lowest BCUT2D eigenvalue weighted by Crippen LogP contribution is -2.35. The van der Waals surface area contributed by atoms with E-state index in [9.17, 15) is 4.79 Å². The number of amides is 1. The maximum Gasteiger partial charge on any atom is 0.240 e. The van der Waals surface area contributed by atoms with Crippen molar-refractivity contribution in [2.45, 2.75) is 35.8 Å². The lowest BCUT2D eigenvalue weighted by Gasteiger charge is -2.26. The van der Waals surface area contributed by atoms with Crippen molar-refractivity contribution >= 4 is 17.7 Å². The quantitative estimate of drug-likeness (QED) is 0.743. The molecule has 1 amide bonds. The summed E-state index contributed by atoms with van der Waals surface area (Å²) in [7, 11) is 0. The predicted octanol–water partition coefficient (Wildman–Crippen LogP) is 4.92. The summed E-state index contributed by atoms with van der Waals surface area (Å²) in [5.41, 5.74) is 1.09. The Hall–Kier alpha value is -1.74. The van der Waals surface area contributed by atoms with Gasteiger partial charge >= 0.3 is 0 Å². The van der Waals surface area contributed by atoms with Gasteiger partial charge in [0, 0.05) is 18.0 Å². The zero-order valence-corrected chi connectivity index (χ0v) is 14.2. The lowest BCUT2D eigenvalue weighted by atomic mass is 10.1. The van der Waals surface area contributed by atoms with Crippen molar-refractivity contribution in [3.05, 3.63) is 66.2 Å². The number of rotatable bonds is 4. The SMILES string of the molecule is O=C([C@@H](Sc1ccccc1)c1ccccc1)N1CCCCCC1. The molecular formula is C20H23NOS. The second-order valence-corrected chi connectivity index (χ2v) is 7.14. The molecule has 120 valence electrons. The third-order valence-corrected chi connectivity index (χ3v) is 5.50. The van der Waals surface area contributed by atoms with Crippen LogP contribution in [0.1, 0.15) is 36.5 Å². The number of hydrogen-bond donors (Lipinski definition) is 0. The Balaban J connectivity index is 1.83. The molecule has 0 aliphatic carbocycles. The summed E-state index contributed by atoms with van der Waals surface area (Å²) in [4.78, 5) is 16.4. The fraction of sp³-hybridized carbons (Fsp3) is 0.350. The molecule has 1 aliphatic rings. The molecule has 1 heterocycles. The average molecular weight is 325 g/mol. The summed E-state index contributed by atoms with van der Waals surface area (Å²) in [6.45, 7) is 1.80. The van der Waals surface area contributed by atoms with Crippen LogP contribution in [0.5, 0.6) is 0 Å². The van der Waals surface area contributed by atoms with Crippen LogP contribution < -0.4 is 0 Å². The summed E-state index contributed by atoms with van der Waals surface area (Å²) in [6, 6.07) is 20.4. The molecule has 0 radical (unpaired) electrons. The fourth-order valence-electron chi connectivity index (χ4n) is 2.98. The summed E-state index contributed by atoms with van der Waals surface area (Å²) < 4.78 is 0. The van der Waals surface area contributed by atoms with E-state index in [1.54, 1.807) is 11.8 Å². The first-order valence-electron chi connectivity index (χ1n) is 8.40. The lowest BCUT2D eigenvalue weighted by molar-refractivity contribution is -0.130. The zero-order chi connectivity index (χ0) is 15.9. The van der Waals surface area contributed by atoms with Gasteiger partial charge in [-0.25, -0.2) is 0 Å². The van der Waals surface area contributed by atoms with E-state index in [4.69, 9.17) is 0 Å². The van der Waals surface area contributed by atoms with E-state index >= 15 is 0 Å². The van der Waals surface area contributed by atoms with Crippen LogP contribution in [0.4, 0.5) is 0 Å². The molecule has 1 fully saturated rings. The maximum atomic E-state index is 13.2. The Kier molecular flexibility index (Phi) is 5.76. The molecule has 3 heteroatoms.